The molecular weight excluding hydrogens is 176 g/mol. The molecule has 0 aliphatic rings. The van der Waals surface area contributed by atoms with Gasteiger partial charge in [0.15, 0.2) is 0 Å². The summed E-state index contributed by atoms with van der Waals surface area (Å²) in [5.41, 5.74) is -0.464. The molecule has 14 heavy (non-hydrogen) atoms. The molecule has 0 bridgehead atoms. The molecule has 0 aromatic heterocycles. The molecular formula is C12H22O2. The molecule has 82 valence electrons. The molecule has 0 aliphatic heterocycles. The summed E-state index contributed by atoms with van der Waals surface area (Å²) in [6, 6.07) is 0. The van der Waals surface area contributed by atoms with Crippen molar-refractivity contribution in [2.45, 2.75) is 53.1 Å². The fraction of sp³-hybridized carbons (Fsp3) is 0.750. The Bertz CT molecular complexity index is 214. The van der Waals surface area contributed by atoms with Gasteiger partial charge in [-0.1, -0.05) is 33.8 Å². The van der Waals surface area contributed by atoms with Crippen LogP contribution >= 0.6 is 0 Å². The highest BCUT2D eigenvalue weighted by Gasteiger charge is 2.39. The molecule has 0 radical (unpaired) electrons. The van der Waals surface area contributed by atoms with Crippen LogP contribution in [0.4, 0.5) is 0 Å². The third-order valence-electron chi connectivity index (χ3n) is 3.03. The van der Waals surface area contributed by atoms with Crippen LogP contribution in [0.25, 0.3) is 0 Å². The molecule has 0 heterocycles. The lowest BCUT2D eigenvalue weighted by Crippen LogP contribution is -2.42. The van der Waals surface area contributed by atoms with E-state index in [1.54, 1.807) is 0 Å². The van der Waals surface area contributed by atoms with Crippen LogP contribution in [0.2, 0.25) is 0 Å². The average Bonchev–Trinajstić information content (AvgIpc) is 2.03. The Hall–Kier alpha value is -0.790. The lowest BCUT2D eigenvalue weighted by atomic mass is 9.74. The van der Waals surface area contributed by atoms with Gasteiger partial charge in [-0.25, -0.2) is 4.79 Å². The van der Waals surface area contributed by atoms with Crippen LogP contribution in [0.1, 0.15) is 47.5 Å². The lowest BCUT2D eigenvalue weighted by molar-refractivity contribution is -0.162. The quantitative estimate of drug-likeness (QED) is 0.500. The van der Waals surface area contributed by atoms with E-state index in [9.17, 15) is 4.79 Å². The van der Waals surface area contributed by atoms with Crippen LogP contribution in [0.15, 0.2) is 12.7 Å². The summed E-state index contributed by atoms with van der Waals surface area (Å²) in [6.07, 6.45) is 3.33. The number of esters is 1. The number of ether oxygens (including phenoxy) is 1. The number of carbonyl (C=O) groups is 1. The third-order valence-corrected chi connectivity index (χ3v) is 3.03. The smallest absolute Gasteiger partial charge is 0.330 e. The fourth-order valence-electron chi connectivity index (χ4n) is 1.36. The zero-order valence-electron chi connectivity index (χ0n) is 10.0. The van der Waals surface area contributed by atoms with Gasteiger partial charge >= 0.3 is 5.97 Å². The highest BCUT2D eigenvalue weighted by atomic mass is 16.6. The first-order valence-corrected chi connectivity index (χ1v) is 5.12. The van der Waals surface area contributed by atoms with Crippen molar-refractivity contribution in [1.29, 1.82) is 0 Å². The van der Waals surface area contributed by atoms with Crippen LogP contribution < -0.4 is 0 Å². The molecule has 2 nitrogen and oxygen atoms in total. The van der Waals surface area contributed by atoms with E-state index in [0.29, 0.717) is 0 Å². The van der Waals surface area contributed by atoms with Crippen molar-refractivity contribution in [2.75, 3.05) is 0 Å². The van der Waals surface area contributed by atoms with E-state index in [1.807, 2.05) is 13.8 Å². The number of hydrogen-bond donors (Lipinski definition) is 0. The zero-order valence-corrected chi connectivity index (χ0v) is 10.0. The second-order valence-electron chi connectivity index (χ2n) is 4.77. The first-order valence-electron chi connectivity index (χ1n) is 5.12. The van der Waals surface area contributed by atoms with Crippen LogP contribution in [-0.4, -0.2) is 11.6 Å². The molecule has 0 aromatic rings. The monoisotopic (exact) mass is 198 g/mol. The van der Waals surface area contributed by atoms with Gasteiger partial charge in [0.05, 0.1) is 0 Å². The second kappa shape index (κ2) is 4.63. The third kappa shape index (κ3) is 3.17. The maximum Gasteiger partial charge on any atom is 0.330 e. The summed E-state index contributed by atoms with van der Waals surface area (Å²) < 4.78 is 5.35. The van der Waals surface area contributed by atoms with Crippen LogP contribution in [0.5, 0.6) is 0 Å². The first-order chi connectivity index (χ1) is 6.27. The second-order valence-corrected chi connectivity index (χ2v) is 4.77. The highest BCUT2D eigenvalue weighted by molar-refractivity contribution is 5.81. The van der Waals surface area contributed by atoms with Gasteiger partial charge in [0.25, 0.3) is 0 Å². The minimum Gasteiger partial charge on any atom is -0.456 e. The molecule has 0 aliphatic carbocycles. The van der Waals surface area contributed by atoms with Gasteiger partial charge in [0.1, 0.15) is 5.60 Å². The van der Waals surface area contributed by atoms with Gasteiger partial charge in [0.2, 0.25) is 0 Å². The number of hydrogen-bond acceptors (Lipinski definition) is 2. The summed E-state index contributed by atoms with van der Waals surface area (Å²) in [5.74, 6) is -0.348. The van der Waals surface area contributed by atoms with Crippen molar-refractivity contribution >= 4 is 5.97 Å². The minimum atomic E-state index is -0.450. The molecule has 0 fully saturated rings. The molecule has 2 heteroatoms. The molecule has 0 aromatic carbocycles. The molecule has 0 saturated heterocycles. The van der Waals surface area contributed by atoms with Gasteiger partial charge in [-0.05, 0) is 20.3 Å². The van der Waals surface area contributed by atoms with E-state index in [4.69, 9.17) is 4.74 Å². The van der Waals surface area contributed by atoms with Crippen molar-refractivity contribution in [3.05, 3.63) is 12.7 Å². The van der Waals surface area contributed by atoms with Crippen molar-refractivity contribution < 1.29 is 9.53 Å². The van der Waals surface area contributed by atoms with Gasteiger partial charge in [0, 0.05) is 11.5 Å². The Morgan fingerprint density at radius 1 is 1.36 bits per heavy atom. The van der Waals surface area contributed by atoms with Gasteiger partial charge < -0.3 is 4.74 Å². The zero-order chi connectivity index (χ0) is 11.4. The van der Waals surface area contributed by atoms with E-state index < -0.39 is 5.60 Å². The number of rotatable bonds is 5. The van der Waals surface area contributed by atoms with Crippen molar-refractivity contribution in [2.24, 2.45) is 5.41 Å². The predicted octanol–water partition coefficient (Wildman–Crippen LogP) is 3.32. The minimum absolute atomic E-state index is 0.0135. The summed E-state index contributed by atoms with van der Waals surface area (Å²) >= 11 is 0. The van der Waals surface area contributed by atoms with Crippen LogP contribution in [0, 0.1) is 5.41 Å². The Labute approximate surface area is 87.3 Å². The number of carbonyl (C=O) groups excluding carboxylic acids is 1. The summed E-state index contributed by atoms with van der Waals surface area (Å²) in [4.78, 5) is 11.1. The largest absolute Gasteiger partial charge is 0.456 e. The molecule has 0 rings (SSSR count). The molecule has 0 spiro atoms. The molecule has 0 N–H and O–H groups in total. The standard InChI is InChI=1S/C12H22O2/c1-7-9-11(3,4)12(5,6)14-10(13)8-2/h8H,2,7,9H2,1,3-6H3. The van der Waals surface area contributed by atoms with E-state index in [-0.39, 0.29) is 11.4 Å². The Morgan fingerprint density at radius 2 is 1.86 bits per heavy atom. The summed E-state index contributed by atoms with van der Waals surface area (Å²) in [6.45, 7) is 13.7. The highest BCUT2D eigenvalue weighted by Crippen LogP contribution is 2.37. The van der Waals surface area contributed by atoms with E-state index in [0.717, 1.165) is 12.8 Å². The van der Waals surface area contributed by atoms with Crippen molar-refractivity contribution in [3.8, 4) is 0 Å². The van der Waals surface area contributed by atoms with Crippen molar-refractivity contribution in [1.82, 2.24) is 0 Å². The maximum absolute atomic E-state index is 11.1. The molecule has 0 atom stereocenters. The Balaban J connectivity index is 4.57. The summed E-state index contributed by atoms with van der Waals surface area (Å²) in [7, 11) is 0. The van der Waals surface area contributed by atoms with Gasteiger partial charge in [-0.3, -0.25) is 0 Å². The van der Waals surface area contributed by atoms with Gasteiger partial charge in [-0.15, -0.1) is 0 Å². The molecule has 0 amide bonds. The topological polar surface area (TPSA) is 26.3 Å². The Morgan fingerprint density at radius 3 is 2.21 bits per heavy atom. The maximum atomic E-state index is 11.1. The molecule has 0 unspecified atom stereocenters. The van der Waals surface area contributed by atoms with Crippen molar-refractivity contribution in [3.63, 3.8) is 0 Å². The summed E-state index contributed by atoms with van der Waals surface area (Å²) in [5, 5.41) is 0. The predicted molar refractivity (Wildman–Crippen MR) is 59.1 cm³/mol. The van der Waals surface area contributed by atoms with Crippen LogP contribution in [0.3, 0.4) is 0 Å². The van der Waals surface area contributed by atoms with E-state index in [1.165, 1.54) is 6.08 Å². The van der Waals surface area contributed by atoms with Gasteiger partial charge in [-0.2, -0.15) is 0 Å². The normalized spacial score (nSPS) is 12.4. The fourth-order valence-corrected chi connectivity index (χ4v) is 1.36. The van der Waals surface area contributed by atoms with E-state index in [2.05, 4.69) is 27.4 Å². The first kappa shape index (κ1) is 13.2. The van der Waals surface area contributed by atoms with Crippen LogP contribution in [-0.2, 0) is 9.53 Å². The average molecular weight is 198 g/mol. The Kier molecular flexibility index (Phi) is 4.37. The van der Waals surface area contributed by atoms with E-state index >= 15 is 0 Å². The molecule has 0 saturated carbocycles. The SMILES string of the molecule is C=CC(=O)OC(C)(C)C(C)(C)CCC. The lowest BCUT2D eigenvalue weighted by Gasteiger charge is -2.40.